The lowest BCUT2D eigenvalue weighted by atomic mass is 9.94. The first-order valence-electron chi connectivity index (χ1n) is 14.5. The van der Waals surface area contributed by atoms with Crippen molar-refractivity contribution >= 4 is 23.9 Å². The molecule has 2 aliphatic heterocycles. The van der Waals surface area contributed by atoms with Gasteiger partial charge in [0.1, 0.15) is 17.2 Å². The van der Waals surface area contributed by atoms with Crippen LogP contribution in [-0.2, 0) is 4.74 Å². The molecular weight excluding hydrogens is 562 g/mol. The first-order chi connectivity index (χ1) is 20.4. The van der Waals surface area contributed by atoms with Crippen LogP contribution in [0.5, 0.6) is 0 Å². The molecule has 5 rings (SSSR count). The number of aromatic nitrogens is 2. The van der Waals surface area contributed by atoms with E-state index in [1.165, 1.54) is 12.4 Å². The lowest BCUT2D eigenvalue weighted by molar-refractivity contribution is 0.0503. The van der Waals surface area contributed by atoms with Gasteiger partial charge in [-0.3, -0.25) is 15.4 Å². The molecule has 1 aromatic heterocycles. The van der Waals surface area contributed by atoms with E-state index in [0.29, 0.717) is 37.4 Å². The Morgan fingerprint density at radius 2 is 1.72 bits per heavy atom. The van der Waals surface area contributed by atoms with Crippen molar-refractivity contribution in [3.8, 4) is 0 Å². The largest absolute Gasteiger partial charge is 0.444 e. The van der Waals surface area contributed by atoms with Gasteiger partial charge in [-0.2, -0.15) is 0 Å². The van der Waals surface area contributed by atoms with Gasteiger partial charge in [-0.15, -0.1) is 0 Å². The van der Waals surface area contributed by atoms with E-state index in [-0.39, 0.29) is 42.6 Å². The van der Waals surface area contributed by atoms with Crippen molar-refractivity contribution in [2.45, 2.75) is 76.1 Å². The predicted molar refractivity (Wildman–Crippen MR) is 153 cm³/mol. The van der Waals surface area contributed by atoms with E-state index < -0.39 is 35.3 Å². The number of amides is 2. The minimum Gasteiger partial charge on any atom is -0.444 e. The molecular formula is C29H38F2N8O4. The summed E-state index contributed by atoms with van der Waals surface area (Å²) in [6.45, 7) is 6.73. The van der Waals surface area contributed by atoms with Crippen LogP contribution in [0.4, 0.5) is 19.5 Å². The van der Waals surface area contributed by atoms with Crippen molar-refractivity contribution in [2.24, 2.45) is 0 Å². The maximum absolute atomic E-state index is 14.8. The number of carbonyl (C=O) groups is 2. The highest BCUT2D eigenvalue weighted by atomic mass is 19.1. The molecule has 3 fully saturated rings. The van der Waals surface area contributed by atoms with Gasteiger partial charge < -0.3 is 24.8 Å². The van der Waals surface area contributed by atoms with Gasteiger partial charge in [0, 0.05) is 56.6 Å². The third-order valence-electron chi connectivity index (χ3n) is 8.00. The fraction of sp³-hybridized carbons (Fsp3) is 0.552. The molecule has 1 aliphatic carbocycles. The van der Waals surface area contributed by atoms with Crippen LogP contribution < -0.4 is 15.7 Å². The maximum atomic E-state index is 14.8. The van der Waals surface area contributed by atoms with Crippen LogP contribution in [0.25, 0.3) is 0 Å². The van der Waals surface area contributed by atoms with Crippen LogP contribution in [-0.4, -0.2) is 92.8 Å². The van der Waals surface area contributed by atoms with Crippen molar-refractivity contribution in [2.75, 3.05) is 31.1 Å². The van der Waals surface area contributed by atoms with Gasteiger partial charge in [0.2, 0.25) is 11.9 Å². The second kappa shape index (κ2) is 12.3. The van der Waals surface area contributed by atoms with Crippen LogP contribution >= 0.6 is 0 Å². The summed E-state index contributed by atoms with van der Waals surface area (Å²) >= 11 is 0. The van der Waals surface area contributed by atoms with Crippen molar-refractivity contribution in [1.82, 2.24) is 30.6 Å². The Kier molecular flexibility index (Phi) is 8.67. The second-order valence-electron chi connectivity index (χ2n) is 12.3. The Hall–Kier alpha value is -4.07. The van der Waals surface area contributed by atoms with Crippen LogP contribution in [0.15, 0.2) is 30.6 Å². The average Bonchev–Trinajstić information content (AvgIpc) is 3.72. The number of nitrogens with zero attached hydrogens (tertiary/aromatic N) is 5. The number of hydrogen-bond acceptors (Lipinski definition) is 8. The summed E-state index contributed by atoms with van der Waals surface area (Å²) in [4.78, 5) is 40.5. The van der Waals surface area contributed by atoms with E-state index in [1.54, 1.807) is 30.6 Å². The van der Waals surface area contributed by atoms with E-state index in [9.17, 15) is 18.4 Å². The van der Waals surface area contributed by atoms with Crippen molar-refractivity contribution < 1.29 is 28.3 Å². The van der Waals surface area contributed by atoms with Crippen LogP contribution in [0.3, 0.4) is 0 Å². The number of guanidine groups is 1. The molecule has 2 amide bonds. The van der Waals surface area contributed by atoms with Crippen molar-refractivity contribution in [3.05, 3.63) is 53.4 Å². The second-order valence-corrected chi connectivity index (χ2v) is 12.3. The third-order valence-corrected chi connectivity index (χ3v) is 8.00. The molecule has 1 aromatic carbocycles. The maximum Gasteiger partial charge on any atom is 0.407 e. The quantitative estimate of drug-likeness (QED) is 0.223. The number of nitrogens with one attached hydrogen (secondary N) is 3. The number of alkyl carbamates (subject to hydrolysis) is 1. The van der Waals surface area contributed by atoms with Gasteiger partial charge in [0.25, 0.3) is 5.91 Å². The zero-order valence-corrected chi connectivity index (χ0v) is 24.5. The zero-order chi connectivity index (χ0) is 30.9. The molecule has 0 radical (unpaired) electrons. The Morgan fingerprint density at radius 1 is 1.07 bits per heavy atom. The number of ether oxygens (including phenoxy) is 1. The summed E-state index contributed by atoms with van der Waals surface area (Å²) in [6.07, 6.45) is 5.48. The minimum atomic E-state index is -0.738. The molecule has 43 heavy (non-hydrogen) atoms. The number of piperidine rings is 1. The minimum absolute atomic E-state index is 0.00242. The molecule has 14 heteroatoms. The highest BCUT2D eigenvalue weighted by molar-refractivity contribution is 5.94. The summed E-state index contributed by atoms with van der Waals surface area (Å²) in [6, 6.07) is 2.79. The van der Waals surface area contributed by atoms with Crippen LogP contribution in [0.1, 0.15) is 68.3 Å². The number of rotatable bonds is 6. The summed E-state index contributed by atoms with van der Waals surface area (Å²) < 4.78 is 34.3. The Labute approximate surface area is 248 Å². The number of hydrogen-bond donors (Lipinski definition) is 4. The van der Waals surface area contributed by atoms with Crippen molar-refractivity contribution in [1.29, 1.82) is 5.41 Å². The van der Waals surface area contributed by atoms with Crippen LogP contribution in [0.2, 0.25) is 0 Å². The summed E-state index contributed by atoms with van der Waals surface area (Å²) in [5.41, 5.74) is 1.61. The Balaban J connectivity index is 1.31. The molecule has 2 atom stereocenters. The van der Waals surface area contributed by atoms with E-state index in [2.05, 4.69) is 15.3 Å². The number of benzene rings is 1. The summed E-state index contributed by atoms with van der Waals surface area (Å²) in [5, 5.41) is 19.6. The fourth-order valence-electron chi connectivity index (χ4n) is 5.85. The molecule has 2 aromatic rings. The number of halogens is 2. The summed E-state index contributed by atoms with van der Waals surface area (Å²) in [7, 11) is 0. The topological polar surface area (TPSA) is 147 Å². The normalized spacial score (nSPS) is 21.0. The molecule has 0 bridgehead atoms. The monoisotopic (exact) mass is 600 g/mol. The summed E-state index contributed by atoms with van der Waals surface area (Å²) in [5.74, 6) is -1.69. The molecule has 1 saturated carbocycles. The number of carbonyl (C=O) groups excluding carboxylic acids is 2. The standard InChI is InChI=1S/C29H38F2N8O4/c1-29(2,3)43-28(41)35-24-16-38(15-22(24)21-12-18(30)4-7-23(21)31)27-33-13-17(14-34-27)25(40)39(19-5-6-19)20-8-10-37(11-9-20)26(32)36-42/h4,7,12-14,19-20,22,24,42H,5-6,8-11,15-16H2,1-3H3,(H2,32,36)(H,35,41). The van der Waals surface area contributed by atoms with E-state index >= 15 is 0 Å². The Morgan fingerprint density at radius 3 is 2.33 bits per heavy atom. The molecule has 3 heterocycles. The highest BCUT2D eigenvalue weighted by Crippen LogP contribution is 2.34. The van der Waals surface area contributed by atoms with E-state index in [1.807, 2.05) is 10.4 Å². The van der Waals surface area contributed by atoms with Gasteiger partial charge in [-0.05, 0) is 70.2 Å². The molecule has 2 unspecified atom stereocenters. The molecule has 12 nitrogen and oxygen atoms in total. The smallest absolute Gasteiger partial charge is 0.407 e. The Bertz CT molecular complexity index is 1340. The van der Waals surface area contributed by atoms with Gasteiger partial charge in [0.15, 0.2) is 0 Å². The lowest BCUT2D eigenvalue weighted by Crippen LogP contribution is -2.51. The van der Waals surface area contributed by atoms with Crippen molar-refractivity contribution in [3.63, 3.8) is 0 Å². The number of anilines is 1. The molecule has 4 N–H and O–H groups in total. The highest BCUT2D eigenvalue weighted by Gasteiger charge is 2.41. The van der Waals surface area contributed by atoms with Gasteiger partial charge in [-0.1, -0.05) is 0 Å². The van der Waals surface area contributed by atoms with Gasteiger partial charge in [0.05, 0.1) is 11.6 Å². The number of likely N-dealkylation sites (tertiary alicyclic amines) is 1. The lowest BCUT2D eigenvalue weighted by Gasteiger charge is -2.39. The van der Waals surface area contributed by atoms with Gasteiger partial charge in [-0.25, -0.2) is 29.0 Å². The molecule has 2 saturated heterocycles. The molecule has 0 spiro atoms. The predicted octanol–water partition coefficient (Wildman–Crippen LogP) is 3.23. The number of hydroxylamine groups is 1. The SMILES string of the molecule is CC(C)(C)OC(=O)NC1CN(c2ncc(C(=O)N(C3CC3)C3CCN(C(=N)NO)CC3)cn2)CC1c1cc(F)ccc1F. The average molecular weight is 601 g/mol. The van der Waals surface area contributed by atoms with Gasteiger partial charge >= 0.3 is 6.09 Å². The fourth-order valence-corrected chi connectivity index (χ4v) is 5.85. The zero-order valence-electron chi connectivity index (χ0n) is 24.5. The first-order valence-corrected chi connectivity index (χ1v) is 14.5. The van der Waals surface area contributed by atoms with E-state index in [4.69, 9.17) is 15.4 Å². The molecule has 232 valence electrons. The van der Waals surface area contributed by atoms with Crippen LogP contribution in [0, 0.1) is 17.0 Å². The molecule has 3 aliphatic rings. The third kappa shape index (κ3) is 7.12. The first kappa shape index (κ1) is 30.4. The van der Waals surface area contributed by atoms with E-state index in [0.717, 1.165) is 31.0 Å².